The quantitative estimate of drug-likeness (QED) is 0.645. The number of esters is 1. The van der Waals surface area contributed by atoms with Gasteiger partial charge in [0.2, 0.25) is 0 Å². The predicted molar refractivity (Wildman–Crippen MR) is 106 cm³/mol. The lowest BCUT2D eigenvalue weighted by Crippen LogP contribution is -2.19. The number of methoxy groups -OCH3 is 2. The summed E-state index contributed by atoms with van der Waals surface area (Å²) in [5, 5.41) is 3.25. The summed E-state index contributed by atoms with van der Waals surface area (Å²) < 4.78 is 9.99. The van der Waals surface area contributed by atoms with Crippen LogP contribution in [0.3, 0.4) is 0 Å². The summed E-state index contributed by atoms with van der Waals surface area (Å²) in [6.45, 7) is 1.97. The van der Waals surface area contributed by atoms with E-state index in [1.165, 1.54) is 18.9 Å². The Morgan fingerprint density at radius 3 is 2.56 bits per heavy atom. The first-order chi connectivity index (χ1) is 13.0. The van der Waals surface area contributed by atoms with Crippen LogP contribution < -0.4 is 10.1 Å². The number of aryl methyl sites for hydroxylation is 1. The molecule has 1 fully saturated rings. The fourth-order valence-corrected chi connectivity index (χ4v) is 3.30. The molecule has 138 valence electrons. The molecule has 1 saturated heterocycles. The third-order valence-electron chi connectivity index (χ3n) is 3.84. The van der Waals surface area contributed by atoms with E-state index in [-0.39, 0.29) is 5.91 Å². The largest absolute Gasteiger partial charge is 0.494 e. The normalized spacial score (nSPS) is 16.5. The SMILES string of the molecule is COC(=O)c1ccc(/C=C2\SC(=Nc3cc(C)ccc3OC)NC2=O)cc1. The van der Waals surface area contributed by atoms with E-state index in [1.807, 2.05) is 25.1 Å². The molecule has 1 N–H and O–H groups in total. The van der Waals surface area contributed by atoms with Crippen LogP contribution in [0.4, 0.5) is 5.69 Å². The van der Waals surface area contributed by atoms with E-state index in [0.717, 1.165) is 11.1 Å². The number of hydrogen-bond donors (Lipinski definition) is 1. The van der Waals surface area contributed by atoms with Crippen molar-refractivity contribution in [2.45, 2.75) is 6.92 Å². The lowest BCUT2D eigenvalue weighted by molar-refractivity contribution is -0.115. The number of benzene rings is 2. The summed E-state index contributed by atoms with van der Waals surface area (Å²) in [7, 11) is 2.92. The number of ether oxygens (including phenoxy) is 2. The van der Waals surface area contributed by atoms with Crippen LogP contribution in [-0.4, -0.2) is 31.3 Å². The zero-order valence-electron chi connectivity index (χ0n) is 15.1. The van der Waals surface area contributed by atoms with E-state index in [1.54, 1.807) is 37.5 Å². The van der Waals surface area contributed by atoms with Crippen molar-refractivity contribution in [2.24, 2.45) is 4.99 Å². The number of amidine groups is 1. The summed E-state index contributed by atoms with van der Waals surface area (Å²) in [6, 6.07) is 12.5. The topological polar surface area (TPSA) is 77.0 Å². The fourth-order valence-electron chi connectivity index (χ4n) is 2.46. The van der Waals surface area contributed by atoms with Crippen LogP contribution in [-0.2, 0) is 9.53 Å². The molecule has 2 aromatic carbocycles. The number of carbonyl (C=O) groups excluding carboxylic acids is 2. The second kappa shape index (κ2) is 8.09. The standard InChI is InChI=1S/C20H18N2O4S/c1-12-4-9-16(25-2)15(10-12)21-20-22-18(23)17(27-20)11-13-5-7-14(8-6-13)19(24)26-3/h4-11H,1-3H3,(H,21,22,23)/b17-11-. The molecule has 3 rings (SSSR count). The van der Waals surface area contributed by atoms with E-state index in [2.05, 4.69) is 15.0 Å². The smallest absolute Gasteiger partial charge is 0.337 e. The fraction of sp³-hybridized carbons (Fsp3) is 0.150. The average molecular weight is 382 g/mol. The number of amides is 1. The van der Waals surface area contributed by atoms with Gasteiger partial charge in [0.15, 0.2) is 5.17 Å². The Hall–Kier alpha value is -3.06. The highest BCUT2D eigenvalue weighted by Crippen LogP contribution is 2.32. The van der Waals surface area contributed by atoms with E-state index >= 15 is 0 Å². The molecule has 0 aromatic heterocycles. The van der Waals surface area contributed by atoms with Gasteiger partial charge in [-0.3, -0.25) is 4.79 Å². The molecule has 1 aliphatic heterocycles. The van der Waals surface area contributed by atoms with Crippen molar-refractivity contribution in [1.29, 1.82) is 0 Å². The number of thioether (sulfide) groups is 1. The number of aliphatic imine (C=N–C) groups is 1. The molecule has 1 aliphatic rings. The first-order valence-corrected chi connectivity index (χ1v) is 8.94. The van der Waals surface area contributed by atoms with Gasteiger partial charge in [-0.25, -0.2) is 9.79 Å². The summed E-state index contributed by atoms with van der Waals surface area (Å²) in [4.78, 5) is 28.7. The van der Waals surface area contributed by atoms with Gasteiger partial charge in [-0.2, -0.15) is 0 Å². The van der Waals surface area contributed by atoms with Crippen LogP contribution in [0.15, 0.2) is 52.4 Å². The number of rotatable bonds is 4. The van der Waals surface area contributed by atoms with Gasteiger partial charge in [0.05, 0.1) is 24.7 Å². The summed E-state index contributed by atoms with van der Waals surface area (Å²) >= 11 is 1.25. The van der Waals surface area contributed by atoms with Gasteiger partial charge in [-0.05, 0) is 60.2 Å². The summed E-state index contributed by atoms with van der Waals surface area (Å²) in [5.74, 6) is 0.0184. The van der Waals surface area contributed by atoms with Gasteiger partial charge in [-0.15, -0.1) is 0 Å². The summed E-state index contributed by atoms with van der Waals surface area (Å²) in [6.07, 6.45) is 1.75. The van der Waals surface area contributed by atoms with Crippen LogP contribution in [0.5, 0.6) is 5.75 Å². The number of hydrogen-bond acceptors (Lipinski definition) is 6. The van der Waals surface area contributed by atoms with Crippen LogP contribution in [0.1, 0.15) is 21.5 Å². The first kappa shape index (κ1) is 18.7. The third kappa shape index (κ3) is 4.38. The second-order valence-corrected chi connectivity index (χ2v) is 6.80. The number of carbonyl (C=O) groups is 2. The maximum absolute atomic E-state index is 12.2. The maximum Gasteiger partial charge on any atom is 0.337 e. The Balaban J connectivity index is 1.82. The van der Waals surface area contributed by atoms with Crippen molar-refractivity contribution in [3.8, 4) is 5.75 Å². The minimum atomic E-state index is -0.399. The van der Waals surface area contributed by atoms with Gasteiger partial charge >= 0.3 is 5.97 Å². The second-order valence-electron chi connectivity index (χ2n) is 5.77. The number of nitrogens with zero attached hydrogens (tertiary/aromatic N) is 1. The molecule has 0 atom stereocenters. The van der Waals surface area contributed by atoms with Crippen molar-refractivity contribution in [2.75, 3.05) is 14.2 Å². The predicted octanol–water partition coefficient (Wildman–Crippen LogP) is 3.68. The Labute approximate surface area is 161 Å². The molecule has 0 saturated carbocycles. The van der Waals surface area contributed by atoms with Crippen molar-refractivity contribution in [1.82, 2.24) is 5.32 Å². The van der Waals surface area contributed by atoms with E-state index < -0.39 is 5.97 Å². The Bertz CT molecular complexity index is 949. The monoisotopic (exact) mass is 382 g/mol. The van der Waals surface area contributed by atoms with Gasteiger partial charge in [0.25, 0.3) is 5.91 Å². The minimum Gasteiger partial charge on any atom is -0.494 e. The molecule has 6 nitrogen and oxygen atoms in total. The molecule has 2 aromatic rings. The molecule has 7 heteroatoms. The zero-order chi connectivity index (χ0) is 19.4. The molecule has 27 heavy (non-hydrogen) atoms. The minimum absolute atomic E-state index is 0.220. The molecule has 0 radical (unpaired) electrons. The molecule has 0 aliphatic carbocycles. The lowest BCUT2D eigenvalue weighted by atomic mass is 10.1. The van der Waals surface area contributed by atoms with Crippen LogP contribution in [0, 0.1) is 6.92 Å². The van der Waals surface area contributed by atoms with Crippen molar-refractivity contribution < 1.29 is 19.1 Å². The van der Waals surface area contributed by atoms with Crippen LogP contribution in [0.25, 0.3) is 6.08 Å². The first-order valence-electron chi connectivity index (χ1n) is 8.13. The third-order valence-corrected chi connectivity index (χ3v) is 4.75. The van der Waals surface area contributed by atoms with Crippen molar-refractivity contribution in [3.63, 3.8) is 0 Å². The lowest BCUT2D eigenvalue weighted by Gasteiger charge is -2.05. The molecule has 0 spiro atoms. The molecule has 1 amide bonds. The zero-order valence-corrected chi connectivity index (χ0v) is 15.9. The van der Waals surface area contributed by atoms with Crippen LogP contribution in [0.2, 0.25) is 0 Å². The highest BCUT2D eigenvalue weighted by Gasteiger charge is 2.24. The molecular formula is C20H18N2O4S. The maximum atomic E-state index is 12.2. The van der Waals surface area contributed by atoms with Gasteiger partial charge in [-0.1, -0.05) is 18.2 Å². The van der Waals surface area contributed by atoms with Gasteiger partial charge in [0.1, 0.15) is 11.4 Å². The van der Waals surface area contributed by atoms with E-state index in [0.29, 0.717) is 27.1 Å². The molecular weight excluding hydrogens is 364 g/mol. The highest BCUT2D eigenvalue weighted by atomic mass is 32.2. The molecule has 0 bridgehead atoms. The summed E-state index contributed by atoms with van der Waals surface area (Å²) in [5.41, 5.74) is 2.96. The highest BCUT2D eigenvalue weighted by molar-refractivity contribution is 8.18. The van der Waals surface area contributed by atoms with E-state index in [9.17, 15) is 9.59 Å². The molecule has 0 unspecified atom stereocenters. The van der Waals surface area contributed by atoms with Crippen molar-refractivity contribution >= 4 is 40.6 Å². The van der Waals surface area contributed by atoms with Crippen molar-refractivity contribution in [3.05, 3.63) is 64.1 Å². The number of nitrogens with one attached hydrogen (secondary N) is 1. The van der Waals surface area contributed by atoms with Gasteiger partial charge in [0, 0.05) is 0 Å². The van der Waals surface area contributed by atoms with E-state index in [4.69, 9.17) is 4.74 Å². The molecule has 1 heterocycles. The van der Waals surface area contributed by atoms with Crippen LogP contribution >= 0.6 is 11.8 Å². The Morgan fingerprint density at radius 1 is 1.15 bits per heavy atom. The van der Waals surface area contributed by atoms with Gasteiger partial charge < -0.3 is 14.8 Å². The Kier molecular flexibility index (Phi) is 5.61. The average Bonchev–Trinajstić information content (AvgIpc) is 3.01. The Morgan fingerprint density at radius 2 is 1.89 bits per heavy atom.